The number of carboxylic acid groups (broad SMARTS) is 1. The summed E-state index contributed by atoms with van der Waals surface area (Å²) in [5.74, 6) is -2.71. The summed E-state index contributed by atoms with van der Waals surface area (Å²) in [4.78, 5) is 17.9. The van der Waals surface area contributed by atoms with Crippen LogP contribution >= 0.6 is 15.9 Å². The molecule has 2 aromatic rings. The van der Waals surface area contributed by atoms with Gasteiger partial charge < -0.3 is 9.52 Å². The fourth-order valence-corrected chi connectivity index (χ4v) is 4.12. The molecule has 8 heteroatoms. The molecule has 1 aliphatic carbocycles. The highest BCUT2D eigenvalue weighted by atomic mass is 79.9. The number of hydrogen-bond acceptors (Lipinski definition) is 3. The van der Waals surface area contributed by atoms with Gasteiger partial charge in [0.2, 0.25) is 11.8 Å². The van der Waals surface area contributed by atoms with Crippen molar-refractivity contribution < 1.29 is 23.1 Å². The van der Waals surface area contributed by atoms with Gasteiger partial charge in [0.25, 0.3) is 0 Å². The third-order valence-corrected chi connectivity index (χ3v) is 5.53. The number of halogens is 3. The maximum atomic E-state index is 13.7. The first-order valence-corrected chi connectivity index (χ1v) is 9.73. The first-order chi connectivity index (χ1) is 12.5. The van der Waals surface area contributed by atoms with Crippen LogP contribution in [-0.4, -0.2) is 32.5 Å². The molecule has 1 atom stereocenters. The van der Waals surface area contributed by atoms with E-state index in [1.165, 1.54) is 4.90 Å². The second-order valence-electron chi connectivity index (χ2n) is 8.13. The Morgan fingerprint density at radius 3 is 2.56 bits per heavy atom. The lowest BCUT2D eigenvalue weighted by Crippen LogP contribution is -2.50. The first kappa shape index (κ1) is 20.0. The lowest BCUT2D eigenvalue weighted by molar-refractivity contribution is -0.0629. The average Bonchev–Trinajstić information content (AvgIpc) is 2.93. The predicted octanol–water partition coefficient (Wildman–Crippen LogP) is 6.24. The second-order valence-corrected chi connectivity index (χ2v) is 9.04. The van der Waals surface area contributed by atoms with E-state index in [9.17, 15) is 18.7 Å². The summed E-state index contributed by atoms with van der Waals surface area (Å²) in [6.07, 6.45) is -1.18. The molecule has 148 valence electrons. The Kier molecular flexibility index (Phi) is 5.22. The number of amides is 1. The van der Waals surface area contributed by atoms with Gasteiger partial charge in [-0.25, -0.2) is 18.6 Å². The molecule has 1 aromatic carbocycles. The van der Waals surface area contributed by atoms with E-state index in [-0.39, 0.29) is 37.5 Å². The topological polar surface area (TPSA) is 66.6 Å². The van der Waals surface area contributed by atoms with Gasteiger partial charge in [-0.3, -0.25) is 4.90 Å². The van der Waals surface area contributed by atoms with Gasteiger partial charge in [-0.15, -0.1) is 0 Å². The van der Waals surface area contributed by atoms with Crippen LogP contribution in [0.3, 0.4) is 0 Å². The van der Waals surface area contributed by atoms with Gasteiger partial charge in [0.15, 0.2) is 5.58 Å². The number of hydrogen-bond donors (Lipinski definition) is 1. The molecule has 0 radical (unpaired) electrons. The normalized spacial score (nSPS) is 19.2. The van der Waals surface area contributed by atoms with Crippen molar-refractivity contribution in [1.29, 1.82) is 0 Å². The van der Waals surface area contributed by atoms with Crippen LogP contribution in [0.15, 0.2) is 27.1 Å². The average molecular weight is 445 g/mol. The van der Waals surface area contributed by atoms with Crippen LogP contribution in [0, 0.1) is 5.92 Å². The predicted molar refractivity (Wildman–Crippen MR) is 101 cm³/mol. The molecular weight excluding hydrogens is 422 g/mol. The van der Waals surface area contributed by atoms with E-state index < -0.39 is 23.6 Å². The minimum absolute atomic E-state index is 0.222. The summed E-state index contributed by atoms with van der Waals surface area (Å²) in [5, 5.41) is 9.89. The smallest absolute Gasteiger partial charge is 0.408 e. The van der Waals surface area contributed by atoms with Gasteiger partial charge in [-0.2, -0.15) is 0 Å². The van der Waals surface area contributed by atoms with Crippen LogP contribution in [-0.2, 0) is 0 Å². The van der Waals surface area contributed by atoms with Gasteiger partial charge in [-0.05, 0) is 57.7 Å². The highest BCUT2D eigenvalue weighted by Gasteiger charge is 2.45. The van der Waals surface area contributed by atoms with Gasteiger partial charge in [0.05, 0.1) is 0 Å². The summed E-state index contributed by atoms with van der Waals surface area (Å²) >= 11 is 3.38. The molecule has 0 bridgehead atoms. The lowest BCUT2D eigenvalue weighted by atomic mass is 9.80. The number of rotatable bonds is 3. The molecule has 3 rings (SSSR count). The van der Waals surface area contributed by atoms with E-state index in [1.54, 1.807) is 32.9 Å². The highest BCUT2D eigenvalue weighted by Crippen LogP contribution is 2.45. The lowest BCUT2D eigenvalue weighted by Gasteiger charge is -2.43. The van der Waals surface area contributed by atoms with Gasteiger partial charge >= 0.3 is 6.09 Å². The molecule has 0 aliphatic heterocycles. The Labute approximate surface area is 164 Å². The van der Waals surface area contributed by atoms with E-state index in [2.05, 4.69) is 20.9 Å². The summed E-state index contributed by atoms with van der Waals surface area (Å²) < 4.78 is 34.1. The molecule has 1 aliphatic rings. The first-order valence-electron chi connectivity index (χ1n) is 8.94. The van der Waals surface area contributed by atoms with Crippen LogP contribution in [0.2, 0.25) is 0 Å². The van der Waals surface area contributed by atoms with E-state index >= 15 is 0 Å². The zero-order valence-electron chi connectivity index (χ0n) is 15.5. The molecule has 0 saturated heterocycles. The van der Waals surface area contributed by atoms with E-state index in [0.717, 1.165) is 4.47 Å². The SMILES string of the molecule is CC(C)(C)N(C(=O)O)[C@H](c1nc2cc(Br)ccc2o1)C1CCC(F)(F)CC1. The fourth-order valence-electron chi connectivity index (χ4n) is 3.77. The molecular formula is C19H23BrF2N2O3. The second kappa shape index (κ2) is 7.04. The molecule has 0 unspecified atom stereocenters. The molecule has 1 heterocycles. The molecule has 1 aromatic heterocycles. The third kappa shape index (κ3) is 4.25. The minimum atomic E-state index is -2.69. The fraction of sp³-hybridized carbons (Fsp3) is 0.579. The van der Waals surface area contributed by atoms with Crippen molar-refractivity contribution in [3.63, 3.8) is 0 Å². The Hall–Kier alpha value is -1.70. The van der Waals surface area contributed by atoms with Crippen LogP contribution in [0.4, 0.5) is 13.6 Å². The molecule has 0 spiro atoms. The van der Waals surface area contributed by atoms with Crippen molar-refractivity contribution in [3.05, 3.63) is 28.6 Å². The number of fused-ring (bicyclic) bond motifs is 1. The monoisotopic (exact) mass is 444 g/mol. The van der Waals surface area contributed by atoms with Gasteiger partial charge in [0, 0.05) is 22.9 Å². The van der Waals surface area contributed by atoms with Crippen molar-refractivity contribution in [1.82, 2.24) is 9.88 Å². The number of alkyl halides is 2. The highest BCUT2D eigenvalue weighted by molar-refractivity contribution is 9.10. The Bertz CT molecular complexity index is 837. The Balaban J connectivity index is 2.06. The summed E-state index contributed by atoms with van der Waals surface area (Å²) in [7, 11) is 0. The van der Waals surface area contributed by atoms with Crippen LogP contribution < -0.4 is 0 Å². The molecule has 1 saturated carbocycles. The standard InChI is InChI=1S/C19H23BrF2N2O3/c1-18(2,3)24(17(25)26)15(11-6-8-19(21,22)9-7-11)16-23-13-10-12(20)4-5-14(13)27-16/h4-5,10-11,15H,6-9H2,1-3H3,(H,25,26)/t15-/m0/s1. The molecule has 27 heavy (non-hydrogen) atoms. The molecule has 1 amide bonds. The van der Waals surface area contributed by atoms with E-state index in [1.807, 2.05) is 6.07 Å². The summed E-state index contributed by atoms with van der Waals surface area (Å²) in [6.45, 7) is 5.35. The number of aromatic nitrogens is 1. The van der Waals surface area contributed by atoms with Crippen molar-refractivity contribution in [2.75, 3.05) is 0 Å². The molecule has 5 nitrogen and oxygen atoms in total. The third-order valence-electron chi connectivity index (χ3n) is 5.03. The Morgan fingerprint density at radius 1 is 1.37 bits per heavy atom. The van der Waals surface area contributed by atoms with Crippen molar-refractivity contribution in [3.8, 4) is 0 Å². The largest absolute Gasteiger partial charge is 0.465 e. The number of carbonyl (C=O) groups is 1. The van der Waals surface area contributed by atoms with Crippen LogP contribution in [0.5, 0.6) is 0 Å². The summed E-state index contributed by atoms with van der Waals surface area (Å²) in [5.41, 5.74) is 0.404. The summed E-state index contributed by atoms with van der Waals surface area (Å²) in [6, 6.07) is 4.64. The van der Waals surface area contributed by atoms with Crippen molar-refractivity contribution in [2.45, 2.75) is 64.0 Å². The maximum Gasteiger partial charge on any atom is 0.408 e. The van der Waals surface area contributed by atoms with Crippen LogP contribution in [0.1, 0.15) is 58.4 Å². The van der Waals surface area contributed by atoms with Crippen LogP contribution in [0.25, 0.3) is 11.1 Å². The van der Waals surface area contributed by atoms with E-state index in [4.69, 9.17) is 4.42 Å². The quantitative estimate of drug-likeness (QED) is 0.608. The minimum Gasteiger partial charge on any atom is -0.465 e. The molecule has 1 N–H and O–H groups in total. The van der Waals surface area contributed by atoms with Crippen molar-refractivity contribution in [2.24, 2.45) is 5.92 Å². The number of benzene rings is 1. The molecule has 1 fully saturated rings. The van der Waals surface area contributed by atoms with Gasteiger partial charge in [-0.1, -0.05) is 15.9 Å². The van der Waals surface area contributed by atoms with Crippen molar-refractivity contribution >= 4 is 33.1 Å². The zero-order chi connectivity index (χ0) is 20.0. The number of nitrogens with zero attached hydrogens (tertiary/aromatic N) is 2. The Morgan fingerprint density at radius 2 is 2.00 bits per heavy atom. The number of oxazole rings is 1. The van der Waals surface area contributed by atoms with Gasteiger partial charge in [0.1, 0.15) is 11.6 Å². The maximum absolute atomic E-state index is 13.7. The zero-order valence-corrected chi connectivity index (χ0v) is 17.1. The van der Waals surface area contributed by atoms with E-state index in [0.29, 0.717) is 11.1 Å².